The van der Waals surface area contributed by atoms with E-state index in [0.717, 1.165) is 14.2 Å². The van der Waals surface area contributed by atoms with Gasteiger partial charge in [0.15, 0.2) is 0 Å². The Morgan fingerprint density at radius 2 is 1.29 bits per heavy atom. The molecular weight excluding hydrogens is 232 g/mol. The second kappa shape index (κ2) is 6.72. The van der Waals surface area contributed by atoms with E-state index in [0.29, 0.717) is 0 Å². The Morgan fingerprint density at radius 3 is 1.53 bits per heavy atom. The Morgan fingerprint density at radius 1 is 0.941 bits per heavy atom. The fourth-order valence-electron chi connectivity index (χ4n) is 0.799. The van der Waals surface area contributed by atoms with Crippen LogP contribution in [0.15, 0.2) is 0 Å². The van der Waals surface area contributed by atoms with E-state index < -0.39 is 17.7 Å². The Kier molecular flexibility index (Phi) is 6.01. The molecule has 0 aromatic carbocycles. The van der Waals surface area contributed by atoms with Crippen LogP contribution in [0.4, 0.5) is 9.59 Å². The van der Waals surface area contributed by atoms with Crippen LogP contribution in [-0.2, 0) is 23.7 Å². The van der Waals surface area contributed by atoms with E-state index in [2.05, 4.69) is 18.9 Å². The summed E-state index contributed by atoms with van der Waals surface area (Å²) < 4.78 is 17.9. The van der Waals surface area contributed by atoms with Crippen LogP contribution < -0.4 is 0 Å². The highest BCUT2D eigenvalue weighted by Gasteiger charge is 2.34. The van der Waals surface area contributed by atoms with Gasteiger partial charge < -0.3 is 18.9 Å². The van der Waals surface area contributed by atoms with Crippen molar-refractivity contribution in [3.05, 3.63) is 0 Å². The molecule has 0 fully saturated rings. The van der Waals surface area contributed by atoms with Gasteiger partial charge in [0.2, 0.25) is 0 Å². The molecule has 0 aliphatic carbocycles. The number of rotatable bonds is 5. The molecule has 98 valence electrons. The van der Waals surface area contributed by atoms with Crippen molar-refractivity contribution in [1.29, 1.82) is 0 Å². The first kappa shape index (κ1) is 15.2. The van der Waals surface area contributed by atoms with Gasteiger partial charge in [0.05, 0.1) is 19.6 Å². The van der Waals surface area contributed by atoms with Crippen molar-refractivity contribution in [1.82, 2.24) is 0 Å². The lowest BCUT2D eigenvalue weighted by Crippen LogP contribution is -2.37. The van der Waals surface area contributed by atoms with E-state index in [4.69, 9.17) is 0 Å². The molecule has 0 aliphatic heterocycles. The number of carbonyl (C=O) groups excluding carboxylic acids is 3. The highest BCUT2D eigenvalue weighted by Crippen LogP contribution is 2.19. The molecule has 0 saturated heterocycles. The molecule has 0 unspecified atom stereocenters. The van der Waals surface area contributed by atoms with Crippen LogP contribution >= 0.6 is 0 Å². The number of ketones is 1. The van der Waals surface area contributed by atoms with Crippen LogP contribution in [0.25, 0.3) is 0 Å². The summed E-state index contributed by atoms with van der Waals surface area (Å²) in [5.41, 5.74) is -1.12. The minimum absolute atomic E-state index is 0.244. The van der Waals surface area contributed by atoms with Gasteiger partial charge in [-0.1, -0.05) is 0 Å². The molecule has 7 heteroatoms. The van der Waals surface area contributed by atoms with Crippen molar-refractivity contribution in [3.8, 4) is 0 Å². The van der Waals surface area contributed by atoms with Crippen LogP contribution in [0.1, 0.15) is 13.8 Å². The first-order valence-electron chi connectivity index (χ1n) is 4.78. The maximum absolute atomic E-state index is 11.4. The van der Waals surface area contributed by atoms with Gasteiger partial charge in [0.1, 0.15) is 19.0 Å². The third kappa shape index (κ3) is 5.19. The Balaban J connectivity index is 4.41. The van der Waals surface area contributed by atoms with Gasteiger partial charge in [-0.15, -0.1) is 0 Å². The topological polar surface area (TPSA) is 88.1 Å². The lowest BCUT2D eigenvalue weighted by Gasteiger charge is -2.24. The minimum atomic E-state index is -1.12. The second-order valence-electron chi connectivity index (χ2n) is 3.60. The third-order valence-corrected chi connectivity index (χ3v) is 2.20. The number of Topliss-reactive ketones (excluding diaryl/α,β-unsaturated/α-hetero) is 1. The van der Waals surface area contributed by atoms with Crippen molar-refractivity contribution in [2.75, 3.05) is 27.4 Å². The van der Waals surface area contributed by atoms with E-state index in [9.17, 15) is 14.4 Å². The molecule has 0 saturated carbocycles. The van der Waals surface area contributed by atoms with E-state index >= 15 is 0 Å². The van der Waals surface area contributed by atoms with Crippen LogP contribution in [0.2, 0.25) is 0 Å². The van der Waals surface area contributed by atoms with E-state index in [-0.39, 0.29) is 19.0 Å². The standard InChI is InChI=1S/C10H16O7/c1-7(11)10(2,5-16-8(12)14-3)6-17-9(13)15-4/h5-6H2,1-4H3. The number of hydrogen-bond donors (Lipinski definition) is 0. The average Bonchev–Trinajstić information content (AvgIpc) is 2.32. The average molecular weight is 248 g/mol. The second-order valence-corrected chi connectivity index (χ2v) is 3.60. The number of hydrogen-bond acceptors (Lipinski definition) is 7. The smallest absolute Gasteiger partial charge is 0.438 e. The van der Waals surface area contributed by atoms with E-state index in [1.165, 1.54) is 13.8 Å². The number of carbonyl (C=O) groups is 3. The summed E-state index contributed by atoms with van der Waals surface area (Å²) in [5.74, 6) is -0.287. The van der Waals surface area contributed by atoms with E-state index in [1.54, 1.807) is 0 Å². The molecule has 0 heterocycles. The Hall–Kier alpha value is -1.79. The first-order chi connectivity index (χ1) is 7.85. The fourth-order valence-corrected chi connectivity index (χ4v) is 0.799. The predicted octanol–water partition coefficient (Wildman–Crippen LogP) is 1.15. The Labute approximate surface area is 99.0 Å². The molecule has 17 heavy (non-hydrogen) atoms. The molecule has 0 spiro atoms. The minimum Gasteiger partial charge on any atom is -0.438 e. The summed E-state index contributed by atoms with van der Waals surface area (Å²) in [6, 6.07) is 0. The molecular formula is C10H16O7. The quantitative estimate of drug-likeness (QED) is 0.674. The summed E-state index contributed by atoms with van der Waals surface area (Å²) >= 11 is 0. The Bertz CT molecular complexity index is 277. The van der Waals surface area contributed by atoms with Crippen molar-refractivity contribution in [2.45, 2.75) is 13.8 Å². The fraction of sp³-hybridized carbons (Fsp3) is 0.700. The predicted molar refractivity (Wildman–Crippen MR) is 55.5 cm³/mol. The van der Waals surface area contributed by atoms with Crippen molar-refractivity contribution >= 4 is 18.1 Å². The molecule has 0 aromatic heterocycles. The molecule has 0 atom stereocenters. The highest BCUT2D eigenvalue weighted by atomic mass is 16.7. The van der Waals surface area contributed by atoms with Gasteiger partial charge in [-0.3, -0.25) is 4.79 Å². The molecule has 0 bridgehead atoms. The zero-order valence-corrected chi connectivity index (χ0v) is 10.3. The molecule has 0 aromatic rings. The van der Waals surface area contributed by atoms with Gasteiger partial charge in [0, 0.05) is 0 Å². The molecule has 7 nitrogen and oxygen atoms in total. The van der Waals surface area contributed by atoms with Gasteiger partial charge in [0.25, 0.3) is 0 Å². The number of ether oxygens (including phenoxy) is 4. The molecule has 0 aliphatic rings. The van der Waals surface area contributed by atoms with Crippen molar-refractivity contribution in [3.63, 3.8) is 0 Å². The number of methoxy groups -OCH3 is 2. The normalized spacial score (nSPS) is 10.4. The zero-order valence-electron chi connectivity index (χ0n) is 10.3. The molecule has 0 radical (unpaired) electrons. The monoisotopic (exact) mass is 248 g/mol. The van der Waals surface area contributed by atoms with Crippen molar-refractivity contribution < 1.29 is 33.3 Å². The van der Waals surface area contributed by atoms with Gasteiger partial charge in [-0.25, -0.2) is 9.59 Å². The molecule has 0 rings (SSSR count). The zero-order chi connectivity index (χ0) is 13.5. The summed E-state index contributed by atoms with van der Waals surface area (Å²) in [6.45, 7) is 2.32. The van der Waals surface area contributed by atoms with E-state index in [1.807, 2.05) is 0 Å². The van der Waals surface area contributed by atoms with Crippen LogP contribution in [0, 0.1) is 5.41 Å². The van der Waals surface area contributed by atoms with Gasteiger partial charge >= 0.3 is 12.3 Å². The summed E-state index contributed by atoms with van der Waals surface area (Å²) in [5, 5.41) is 0. The summed E-state index contributed by atoms with van der Waals surface area (Å²) in [6.07, 6.45) is -1.81. The lowest BCUT2D eigenvalue weighted by molar-refractivity contribution is -0.131. The molecule has 0 N–H and O–H groups in total. The summed E-state index contributed by atoms with van der Waals surface area (Å²) in [7, 11) is 2.30. The van der Waals surface area contributed by atoms with Crippen LogP contribution in [0.3, 0.4) is 0 Å². The van der Waals surface area contributed by atoms with Gasteiger partial charge in [-0.2, -0.15) is 0 Å². The SMILES string of the molecule is COC(=O)OCC(C)(COC(=O)OC)C(C)=O. The summed E-state index contributed by atoms with van der Waals surface area (Å²) in [4.78, 5) is 33.0. The van der Waals surface area contributed by atoms with Crippen molar-refractivity contribution in [2.24, 2.45) is 5.41 Å². The van der Waals surface area contributed by atoms with Gasteiger partial charge in [-0.05, 0) is 13.8 Å². The maximum Gasteiger partial charge on any atom is 0.508 e. The maximum atomic E-state index is 11.4. The highest BCUT2D eigenvalue weighted by molar-refractivity contribution is 5.82. The largest absolute Gasteiger partial charge is 0.508 e. The lowest BCUT2D eigenvalue weighted by atomic mass is 9.88. The third-order valence-electron chi connectivity index (χ3n) is 2.20. The van der Waals surface area contributed by atoms with Crippen LogP contribution in [0.5, 0.6) is 0 Å². The first-order valence-corrected chi connectivity index (χ1v) is 4.78. The van der Waals surface area contributed by atoms with Crippen LogP contribution in [-0.4, -0.2) is 45.5 Å². The molecule has 0 amide bonds.